The third-order valence-electron chi connectivity index (χ3n) is 6.05. The molecule has 3 aromatic carbocycles. The number of piperazine rings is 1. The number of hydrogen-bond acceptors (Lipinski definition) is 3. The van der Waals surface area contributed by atoms with Crippen molar-refractivity contribution in [1.82, 2.24) is 9.88 Å². The summed E-state index contributed by atoms with van der Waals surface area (Å²) in [6.45, 7) is 4.10. The fourth-order valence-corrected chi connectivity index (χ4v) is 7.31. The van der Waals surface area contributed by atoms with E-state index in [-0.39, 0.29) is 5.78 Å². The zero-order valence-corrected chi connectivity index (χ0v) is 19.1. The van der Waals surface area contributed by atoms with Crippen LogP contribution in [0.1, 0.15) is 11.5 Å². The van der Waals surface area contributed by atoms with E-state index in [0.29, 0.717) is 0 Å². The van der Waals surface area contributed by atoms with Gasteiger partial charge in [0.15, 0.2) is 0 Å². The van der Waals surface area contributed by atoms with Crippen molar-refractivity contribution in [2.24, 2.45) is 0 Å². The van der Waals surface area contributed by atoms with Crippen LogP contribution in [0.15, 0.2) is 115 Å². The first kappa shape index (κ1) is 20.9. The van der Waals surface area contributed by atoms with Gasteiger partial charge in [-0.2, -0.15) is 0 Å². The van der Waals surface area contributed by atoms with Crippen LogP contribution < -0.4 is 15.5 Å². The first-order valence-electron chi connectivity index (χ1n) is 11.2. The van der Waals surface area contributed by atoms with Gasteiger partial charge >= 0.3 is 0 Å². The molecule has 0 bridgehead atoms. The Bertz CT molecular complexity index is 1040. The van der Waals surface area contributed by atoms with Gasteiger partial charge < -0.3 is 4.90 Å². The Kier molecular flexibility index (Phi) is 6.58. The minimum Gasteiger partial charge on any atom is -0.369 e. The highest BCUT2D eigenvalue weighted by Crippen LogP contribution is 2.51. The van der Waals surface area contributed by atoms with Crippen molar-refractivity contribution < 1.29 is 0 Å². The van der Waals surface area contributed by atoms with Crippen LogP contribution in [0.3, 0.4) is 0 Å². The van der Waals surface area contributed by atoms with Crippen LogP contribution in [-0.4, -0.2) is 36.1 Å². The van der Waals surface area contributed by atoms with E-state index < -0.39 is 7.92 Å². The smallest absolute Gasteiger partial charge is 0.0805 e. The molecule has 0 aliphatic carbocycles. The van der Waals surface area contributed by atoms with E-state index >= 15 is 0 Å². The molecule has 1 atom stereocenters. The van der Waals surface area contributed by atoms with E-state index in [1.165, 1.54) is 22.0 Å². The van der Waals surface area contributed by atoms with Crippen LogP contribution in [0, 0.1) is 0 Å². The van der Waals surface area contributed by atoms with E-state index in [4.69, 9.17) is 4.98 Å². The molecule has 4 aromatic rings. The molecule has 0 saturated carbocycles. The summed E-state index contributed by atoms with van der Waals surface area (Å²) in [5.74, 6) is 0.244. The van der Waals surface area contributed by atoms with Crippen molar-refractivity contribution in [1.29, 1.82) is 0 Å². The van der Waals surface area contributed by atoms with Crippen LogP contribution >= 0.6 is 7.92 Å². The number of aromatic nitrogens is 1. The van der Waals surface area contributed by atoms with Gasteiger partial charge in [-0.3, -0.25) is 9.88 Å². The third-order valence-corrected chi connectivity index (χ3v) is 8.84. The maximum Gasteiger partial charge on any atom is 0.0805 e. The molecule has 2 heterocycles. The molecule has 1 aliphatic rings. The Labute approximate surface area is 192 Å². The van der Waals surface area contributed by atoms with Crippen LogP contribution in [-0.2, 0) is 0 Å². The number of rotatable bonds is 6. The highest BCUT2D eigenvalue weighted by Gasteiger charge is 2.34. The highest BCUT2D eigenvalue weighted by atomic mass is 31.1. The molecule has 0 spiro atoms. The van der Waals surface area contributed by atoms with E-state index in [0.717, 1.165) is 26.2 Å². The lowest BCUT2D eigenvalue weighted by Crippen LogP contribution is -2.48. The van der Waals surface area contributed by atoms with Gasteiger partial charge in [0.25, 0.3) is 0 Å². The molecule has 1 aromatic heterocycles. The molecule has 1 saturated heterocycles. The molecular weight excluding hydrogens is 409 g/mol. The zero-order valence-electron chi connectivity index (χ0n) is 18.2. The highest BCUT2D eigenvalue weighted by molar-refractivity contribution is 7.73. The second kappa shape index (κ2) is 10.1. The summed E-state index contributed by atoms with van der Waals surface area (Å²) < 4.78 is 0. The summed E-state index contributed by atoms with van der Waals surface area (Å²) in [6, 6.07) is 39.1. The largest absolute Gasteiger partial charge is 0.369 e. The van der Waals surface area contributed by atoms with E-state index in [9.17, 15) is 0 Å². The molecular formula is C28H28N3P. The molecule has 32 heavy (non-hydrogen) atoms. The fraction of sp³-hybridized carbons (Fsp3) is 0.179. The number of para-hydroxylation sites is 1. The minimum atomic E-state index is -0.637. The minimum absolute atomic E-state index is 0.244. The van der Waals surface area contributed by atoms with Gasteiger partial charge in [0.05, 0.1) is 11.5 Å². The van der Waals surface area contributed by atoms with Crippen molar-refractivity contribution >= 4 is 24.2 Å². The van der Waals surface area contributed by atoms with Gasteiger partial charge in [0, 0.05) is 38.1 Å². The first-order chi connectivity index (χ1) is 15.9. The van der Waals surface area contributed by atoms with Crippen molar-refractivity contribution in [3.8, 4) is 0 Å². The normalized spacial score (nSPS) is 15.6. The summed E-state index contributed by atoms with van der Waals surface area (Å²) in [5.41, 5.74) is 2.48. The van der Waals surface area contributed by atoms with E-state index in [1.807, 2.05) is 12.3 Å². The predicted molar refractivity (Wildman–Crippen MR) is 136 cm³/mol. The Balaban J connectivity index is 1.51. The van der Waals surface area contributed by atoms with Crippen molar-refractivity contribution in [3.63, 3.8) is 0 Å². The monoisotopic (exact) mass is 437 g/mol. The lowest BCUT2D eigenvalue weighted by atomic mass is 10.2. The molecule has 1 aliphatic heterocycles. The summed E-state index contributed by atoms with van der Waals surface area (Å²) in [7, 11) is -0.637. The summed E-state index contributed by atoms with van der Waals surface area (Å²) in [5, 5.41) is 2.80. The Hall–Kier alpha value is -3.00. The molecule has 3 nitrogen and oxygen atoms in total. The van der Waals surface area contributed by atoms with Crippen molar-refractivity contribution in [3.05, 3.63) is 121 Å². The molecule has 0 radical (unpaired) electrons. The molecule has 0 N–H and O–H groups in total. The average molecular weight is 438 g/mol. The zero-order chi connectivity index (χ0) is 21.6. The Morgan fingerprint density at radius 3 is 1.66 bits per heavy atom. The van der Waals surface area contributed by atoms with Gasteiger partial charge in [-0.1, -0.05) is 84.9 Å². The van der Waals surface area contributed by atoms with Crippen molar-refractivity contribution in [2.75, 3.05) is 31.1 Å². The van der Waals surface area contributed by atoms with Crippen molar-refractivity contribution in [2.45, 2.75) is 5.78 Å². The molecule has 1 fully saturated rings. The van der Waals surface area contributed by atoms with Gasteiger partial charge in [-0.25, -0.2) is 0 Å². The quantitative estimate of drug-likeness (QED) is 0.394. The number of benzene rings is 3. The predicted octanol–water partition coefficient (Wildman–Crippen LogP) is 5.04. The maximum absolute atomic E-state index is 4.86. The standard InChI is InChI=1S/C28H28N3P/c1-4-12-24(13-5-1)30-20-22-31(23-21-30)28(27-18-10-11-19-29-27)32(25-14-6-2-7-15-25)26-16-8-3-9-17-26/h1-19,28H,20-23H2. The topological polar surface area (TPSA) is 19.4 Å². The van der Waals surface area contributed by atoms with E-state index in [1.54, 1.807) is 0 Å². The Morgan fingerprint density at radius 2 is 1.12 bits per heavy atom. The first-order valence-corrected chi connectivity index (χ1v) is 12.7. The third kappa shape index (κ3) is 4.60. The van der Waals surface area contributed by atoms with Gasteiger partial charge in [-0.05, 0) is 42.8 Å². The molecule has 4 heteroatoms. The number of hydrogen-bond donors (Lipinski definition) is 0. The molecule has 0 amide bonds. The maximum atomic E-state index is 4.86. The summed E-state index contributed by atoms with van der Waals surface area (Å²) in [6.07, 6.45) is 1.94. The Morgan fingerprint density at radius 1 is 0.594 bits per heavy atom. The lowest BCUT2D eigenvalue weighted by Gasteiger charge is -2.43. The van der Waals surface area contributed by atoms with Crippen LogP contribution in [0.4, 0.5) is 5.69 Å². The molecule has 5 rings (SSSR count). The van der Waals surface area contributed by atoms with Crippen LogP contribution in [0.2, 0.25) is 0 Å². The van der Waals surface area contributed by atoms with Gasteiger partial charge in [-0.15, -0.1) is 0 Å². The SMILES string of the molecule is c1ccc(N2CCN(C(c3ccccn3)P(c3ccccc3)c3ccccc3)CC2)cc1. The van der Waals surface area contributed by atoms with E-state index in [2.05, 4.69) is 113 Å². The molecule has 1 unspecified atom stereocenters. The van der Waals surface area contributed by atoms with Gasteiger partial charge in [0.1, 0.15) is 0 Å². The second-order valence-corrected chi connectivity index (χ2v) is 10.3. The number of nitrogens with zero attached hydrogens (tertiary/aromatic N) is 3. The lowest BCUT2D eigenvalue weighted by molar-refractivity contribution is 0.237. The average Bonchev–Trinajstić information content (AvgIpc) is 2.89. The van der Waals surface area contributed by atoms with Crippen LogP contribution in [0.25, 0.3) is 0 Å². The summed E-state index contributed by atoms with van der Waals surface area (Å²) >= 11 is 0. The number of pyridine rings is 1. The fourth-order valence-electron chi connectivity index (χ4n) is 4.48. The van der Waals surface area contributed by atoms with Crippen LogP contribution in [0.5, 0.6) is 0 Å². The summed E-state index contributed by atoms with van der Waals surface area (Å²) in [4.78, 5) is 10.0. The number of anilines is 1. The van der Waals surface area contributed by atoms with Gasteiger partial charge in [0.2, 0.25) is 0 Å². The molecule has 160 valence electrons. The second-order valence-electron chi connectivity index (χ2n) is 8.03.